The summed E-state index contributed by atoms with van der Waals surface area (Å²) >= 11 is 0. The number of ether oxygens (including phenoxy) is 2. The third kappa shape index (κ3) is 4.07. The lowest BCUT2D eigenvalue weighted by Crippen LogP contribution is -2.15. The SMILES string of the molecule is CCCOC(=O)COc1ccc2c(-c3ccccc3)cc(=O)oc2c1. The van der Waals surface area contributed by atoms with Gasteiger partial charge in [-0.25, -0.2) is 9.59 Å². The molecule has 0 spiro atoms. The quantitative estimate of drug-likeness (QED) is 0.505. The molecule has 5 heteroatoms. The Morgan fingerprint density at radius 2 is 1.88 bits per heavy atom. The van der Waals surface area contributed by atoms with Gasteiger partial charge < -0.3 is 13.9 Å². The molecule has 3 rings (SSSR count). The Labute approximate surface area is 144 Å². The van der Waals surface area contributed by atoms with Gasteiger partial charge in [0.15, 0.2) is 6.61 Å². The number of carbonyl (C=O) groups excluding carboxylic acids is 1. The number of carbonyl (C=O) groups is 1. The van der Waals surface area contributed by atoms with Crippen LogP contribution in [-0.2, 0) is 9.53 Å². The molecule has 0 N–H and O–H groups in total. The molecule has 0 atom stereocenters. The van der Waals surface area contributed by atoms with E-state index in [4.69, 9.17) is 13.9 Å². The minimum Gasteiger partial charge on any atom is -0.482 e. The maximum atomic E-state index is 11.9. The van der Waals surface area contributed by atoms with Gasteiger partial charge in [-0.2, -0.15) is 0 Å². The number of esters is 1. The first-order chi connectivity index (χ1) is 12.2. The van der Waals surface area contributed by atoms with E-state index in [1.54, 1.807) is 12.1 Å². The van der Waals surface area contributed by atoms with E-state index in [1.807, 2.05) is 43.3 Å². The number of benzene rings is 2. The Balaban J connectivity index is 1.89. The Hall–Kier alpha value is -3.08. The molecule has 0 unspecified atom stereocenters. The molecule has 2 aromatic carbocycles. The highest BCUT2D eigenvalue weighted by Crippen LogP contribution is 2.29. The van der Waals surface area contributed by atoms with Gasteiger partial charge in [-0.15, -0.1) is 0 Å². The van der Waals surface area contributed by atoms with Crippen molar-refractivity contribution in [3.05, 3.63) is 65.0 Å². The van der Waals surface area contributed by atoms with Crippen LogP contribution in [0.15, 0.2) is 63.8 Å². The van der Waals surface area contributed by atoms with Crippen molar-refractivity contribution in [1.29, 1.82) is 0 Å². The summed E-state index contributed by atoms with van der Waals surface area (Å²) in [5.74, 6) is 0.00995. The second kappa shape index (κ2) is 7.66. The molecular weight excluding hydrogens is 320 g/mol. The standard InChI is InChI=1S/C20H18O5/c1-2-10-23-20(22)13-24-15-8-9-16-17(14-6-4-3-5-7-14)12-19(21)25-18(16)11-15/h3-9,11-12H,2,10,13H2,1H3. The fraction of sp³-hybridized carbons (Fsp3) is 0.200. The van der Waals surface area contributed by atoms with Crippen LogP contribution in [0.1, 0.15) is 13.3 Å². The van der Waals surface area contributed by atoms with E-state index < -0.39 is 11.6 Å². The monoisotopic (exact) mass is 338 g/mol. The first-order valence-corrected chi connectivity index (χ1v) is 8.09. The first kappa shape index (κ1) is 16.8. The number of rotatable bonds is 6. The molecule has 128 valence electrons. The molecule has 0 amide bonds. The lowest BCUT2D eigenvalue weighted by Gasteiger charge is -2.09. The van der Waals surface area contributed by atoms with Crippen molar-refractivity contribution in [3.63, 3.8) is 0 Å². The third-order valence-corrected chi connectivity index (χ3v) is 3.62. The van der Waals surface area contributed by atoms with Crippen molar-refractivity contribution in [2.75, 3.05) is 13.2 Å². The maximum absolute atomic E-state index is 11.9. The van der Waals surface area contributed by atoms with Crippen LogP contribution in [-0.4, -0.2) is 19.2 Å². The Morgan fingerprint density at radius 1 is 1.08 bits per heavy atom. The molecule has 0 aliphatic rings. The largest absolute Gasteiger partial charge is 0.482 e. The molecule has 0 bridgehead atoms. The predicted molar refractivity (Wildman–Crippen MR) is 94.7 cm³/mol. The van der Waals surface area contributed by atoms with Crippen molar-refractivity contribution in [1.82, 2.24) is 0 Å². The van der Waals surface area contributed by atoms with Crippen LogP contribution in [0.25, 0.3) is 22.1 Å². The van der Waals surface area contributed by atoms with Crippen LogP contribution < -0.4 is 10.4 Å². The van der Waals surface area contributed by atoms with E-state index in [9.17, 15) is 9.59 Å². The first-order valence-electron chi connectivity index (χ1n) is 8.09. The normalized spacial score (nSPS) is 10.6. The maximum Gasteiger partial charge on any atom is 0.344 e. The van der Waals surface area contributed by atoms with E-state index >= 15 is 0 Å². The molecule has 0 aliphatic heterocycles. The van der Waals surface area contributed by atoms with Crippen molar-refractivity contribution >= 4 is 16.9 Å². The average molecular weight is 338 g/mol. The van der Waals surface area contributed by atoms with Gasteiger partial charge >= 0.3 is 11.6 Å². The molecule has 1 aromatic heterocycles. The summed E-state index contributed by atoms with van der Waals surface area (Å²) in [6, 6.07) is 16.2. The average Bonchev–Trinajstić information content (AvgIpc) is 2.64. The molecule has 25 heavy (non-hydrogen) atoms. The number of hydrogen-bond acceptors (Lipinski definition) is 5. The van der Waals surface area contributed by atoms with Crippen LogP contribution in [0.5, 0.6) is 5.75 Å². The van der Waals surface area contributed by atoms with Gasteiger partial charge in [-0.1, -0.05) is 37.3 Å². The summed E-state index contributed by atoms with van der Waals surface area (Å²) in [5.41, 5.74) is 1.69. The second-order valence-electron chi connectivity index (χ2n) is 5.51. The fourth-order valence-electron chi connectivity index (χ4n) is 2.49. The van der Waals surface area contributed by atoms with Crippen LogP contribution in [0, 0.1) is 0 Å². The Kier molecular flexibility index (Phi) is 5.14. The summed E-state index contributed by atoms with van der Waals surface area (Å²) in [5, 5.41) is 0.798. The minimum absolute atomic E-state index is 0.186. The molecule has 0 aliphatic carbocycles. The van der Waals surface area contributed by atoms with E-state index in [2.05, 4.69) is 0 Å². The Bertz CT molecular complexity index is 928. The van der Waals surface area contributed by atoms with Crippen molar-refractivity contribution < 1.29 is 18.7 Å². The molecule has 3 aromatic rings. The summed E-state index contributed by atoms with van der Waals surface area (Å²) in [4.78, 5) is 23.4. The van der Waals surface area contributed by atoms with Crippen molar-refractivity contribution in [3.8, 4) is 16.9 Å². The van der Waals surface area contributed by atoms with Gasteiger partial charge in [0.25, 0.3) is 0 Å². The smallest absolute Gasteiger partial charge is 0.344 e. The lowest BCUT2D eigenvalue weighted by molar-refractivity contribution is -0.146. The molecule has 0 radical (unpaired) electrons. The summed E-state index contributed by atoms with van der Waals surface area (Å²) in [7, 11) is 0. The molecule has 5 nitrogen and oxygen atoms in total. The molecule has 0 fully saturated rings. The Morgan fingerprint density at radius 3 is 2.64 bits per heavy atom. The van der Waals surface area contributed by atoms with Crippen molar-refractivity contribution in [2.24, 2.45) is 0 Å². The van der Waals surface area contributed by atoms with Gasteiger partial charge in [-0.05, 0) is 29.7 Å². The predicted octanol–water partition coefficient (Wildman–Crippen LogP) is 3.79. The van der Waals surface area contributed by atoms with Crippen LogP contribution in [0.2, 0.25) is 0 Å². The second-order valence-corrected chi connectivity index (χ2v) is 5.51. The van der Waals surface area contributed by atoms with Crippen LogP contribution in [0.4, 0.5) is 0 Å². The highest BCUT2D eigenvalue weighted by Gasteiger charge is 2.10. The van der Waals surface area contributed by atoms with Gasteiger partial charge in [0.05, 0.1) is 6.61 Å². The van der Waals surface area contributed by atoms with E-state index in [0.717, 1.165) is 22.9 Å². The number of fused-ring (bicyclic) bond motifs is 1. The highest BCUT2D eigenvalue weighted by atomic mass is 16.6. The van der Waals surface area contributed by atoms with Gasteiger partial charge in [0.1, 0.15) is 11.3 Å². The number of hydrogen-bond donors (Lipinski definition) is 0. The topological polar surface area (TPSA) is 65.7 Å². The molecule has 1 heterocycles. The lowest BCUT2D eigenvalue weighted by atomic mass is 10.0. The summed E-state index contributed by atoms with van der Waals surface area (Å²) in [6.45, 7) is 2.10. The van der Waals surface area contributed by atoms with Gasteiger partial charge in [-0.3, -0.25) is 0 Å². The van der Waals surface area contributed by atoms with Crippen LogP contribution in [0.3, 0.4) is 0 Å². The van der Waals surface area contributed by atoms with E-state index in [1.165, 1.54) is 6.07 Å². The summed E-state index contributed by atoms with van der Waals surface area (Å²) in [6.07, 6.45) is 0.759. The zero-order chi connectivity index (χ0) is 17.6. The van der Waals surface area contributed by atoms with Crippen LogP contribution >= 0.6 is 0 Å². The molecule has 0 saturated heterocycles. The molecular formula is C20H18O5. The zero-order valence-corrected chi connectivity index (χ0v) is 13.9. The van der Waals surface area contributed by atoms with E-state index in [-0.39, 0.29) is 6.61 Å². The highest BCUT2D eigenvalue weighted by molar-refractivity contribution is 5.93. The zero-order valence-electron chi connectivity index (χ0n) is 13.9. The van der Waals surface area contributed by atoms with Gasteiger partial charge in [0, 0.05) is 17.5 Å². The minimum atomic E-state index is -0.439. The summed E-state index contributed by atoms with van der Waals surface area (Å²) < 4.78 is 15.7. The van der Waals surface area contributed by atoms with Crippen molar-refractivity contribution in [2.45, 2.75) is 13.3 Å². The van der Waals surface area contributed by atoms with E-state index in [0.29, 0.717) is 17.9 Å². The third-order valence-electron chi connectivity index (χ3n) is 3.62. The molecule has 0 saturated carbocycles. The fourth-order valence-corrected chi connectivity index (χ4v) is 2.49. The van der Waals surface area contributed by atoms with Gasteiger partial charge in [0.2, 0.25) is 0 Å².